The normalized spacial score (nSPS) is 27.5. The van der Waals surface area contributed by atoms with E-state index in [0.29, 0.717) is 0 Å². The Morgan fingerprint density at radius 2 is 2.27 bits per heavy atom. The zero-order chi connectivity index (χ0) is 10.5. The van der Waals surface area contributed by atoms with Crippen LogP contribution in [0, 0.1) is 5.92 Å². The van der Waals surface area contributed by atoms with Gasteiger partial charge in [0.15, 0.2) is 0 Å². The van der Waals surface area contributed by atoms with Crippen LogP contribution in [0.5, 0.6) is 0 Å². The van der Waals surface area contributed by atoms with Gasteiger partial charge in [0.05, 0.1) is 0 Å². The van der Waals surface area contributed by atoms with Crippen LogP contribution < -0.4 is 5.32 Å². The summed E-state index contributed by atoms with van der Waals surface area (Å²) in [6, 6.07) is 4.94. The van der Waals surface area contributed by atoms with E-state index in [1.165, 1.54) is 37.8 Å². The highest BCUT2D eigenvalue weighted by Gasteiger charge is 2.15. The Labute approximate surface area is 92.5 Å². The van der Waals surface area contributed by atoms with Crippen LogP contribution in [0.2, 0.25) is 0 Å². The largest absolute Gasteiger partial charge is 0.364 e. The first kappa shape index (κ1) is 10.7. The van der Waals surface area contributed by atoms with Crippen molar-refractivity contribution in [3.63, 3.8) is 0 Å². The first-order chi connectivity index (χ1) is 7.34. The third-order valence-corrected chi connectivity index (χ3v) is 3.50. The van der Waals surface area contributed by atoms with E-state index in [1.807, 2.05) is 6.20 Å². The van der Waals surface area contributed by atoms with E-state index in [1.54, 1.807) is 0 Å². The standard InChI is InChI=1S/C13H22N2/c1-11-4-2-5-12(8-7-11)15-10-13-6-3-9-14-13/h3,6,9,11-12,14-15H,2,4-5,7-8,10H2,1H3. The Morgan fingerprint density at radius 3 is 3.07 bits per heavy atom. The molecule has 0 bridgehead atoms. The Hall–Kier alpha value is -0.760. The molecule has 1 aliphatic carbocycles. The number of hydrogen-bond acceptors (Lipinski definition) is 1. The Kier molecular flexibility index (Phi) is 3.84. The molecule has 0 saturated heterocycles. The molecule has 84 valence electrons. The molecule has 15 heavy (non-hydrogen) atoms. The topological polar surface area (TPSA) is 27.8 Å². The molecule has 2 atom stereocenters. The molecular weight excluding hydrogens is 184 g/mol. The van der Waals surface area contributed by atoms with Crippen molar-refractivity contribution >= 4 is 0 Å². The van der Waals surface area contributed by atoms with Gasteiger partial charge in [-0.25, -0.2) is 0 Å². The molecule has 1 aromatic rings. The first-order valence-corrected chi connectivity index (χ1v) is 6.20. The molecule has 1 aromatic heterocycles. The van der Waals surface area contributed by atoms with Crippen molar-refractivity contribution in [1.82, 2.24) is 10.3 Å². The minimum atomic E-state index is 0.734. The van der Waals surface area contributed by atoms with Crippen molar-refractivity contribution in [2.75, 3.05) is 0 Å². The van der Waals surface area contributed by atoms with E-state index in [-0.39, 0.29) is 0 Å². The van der Waals surface area contributed by atoms with Crippen molar-refractivity contribution in [2.45, 2.75) is 51.6 Å². The maximum atomic E-state index is 3.65. The molecular formula is C13H22N2. The van der Waals surface area contributed by atoms with Crippen molar-refractivity contribution in [3.05, 3.63) is 24.0 Å². The van der Waals surface area contributed by atoms with Crippen LogP contribution in [-0.2, 0) is 6.54 Å². The highest BCUT2D eigenvalue weighted by Crippen LogP contribution is 2.22. The van der Waals surface area contributed by atoms with Gasteiger partial charge >= 0.3 is 0 Å². The van der Waals surface area contributed by atoms with Crippen LogP contribution in [-0.4, -0.2) is 11.0 Å². The van der Waals surface area contributed by atoms with E-state index in [4.69, 9.17) is 0 Å². The number of H-pyrrole nitrogens is 1. The molecule has 2 N–H and O–H groups in total. The quantitative estimate of drug-likeness (QED) is 0.731. The van der Waals surface area contributed by atoms with Gasteiger partial charge in [0.1, 0.15) is 0 Å². The average Bonchev–Trinajstić information content (AvgIpc) is 2.66. The Morgan fingerprint density at radius 1 is 1.33 bits per heavy atom. The van der Waals surface area contributed by atoms with Gasteiger partial charge in [0, 0.05) is 24.5 Å². The number of nitrogens with one attached hydrogen (secondary N) is 2. The van der Waals surface area contributed by atoms with Crippen molar-refractivity contribution in [2.24, 2.45) is 5.92 Å². The predicted molar refractivity (Wildman–Crippen MR) is 63.7 cm³/mol. The predicted octanol–water partition coefficient (Wildman–Crippen LogP) is 3.07. The zero-order valence-corrected chi connectivity index (χ0v) is 9.63. The number of aromatic amines is 1. The maximum absolute atomic E-state index is 3.65. The summed E-state index contributed by atoms with van der Waals surface area (Å²) in [5.41, 5.74) is 1.30. The molecule has 2 nitrogen and oxygen atoms in total. The Balaban J connectivity index is 1.74. The van der Waals surface area contributed by atoms with Gasteiger partial charge in [0.25, 0.3) is 0 Å². The van der Waals surface area contributed by atoms with Gasteiger partial charge in [-0.1, -0.05) is 19.8 Å². The molecule has 0 amide bonds. The smallest absolute Gasteiger partial charge is 0.0359 e. The lowest BCUT2D eigenvalue weighted by Gasteiger charge is -2.15. The van der Waals surface area contributed by atoms with Gasteiger partial charge in [0.2, 0.25) is 0 Å². The van der Waals surface area contributed by atoms with Crippen LogP contribution >= 0.6 is 0 Å². The summed E-state index contributed by atoms with van der Waals surface area (Å²) in [6.45, 7) is 3.37. The second-order valence-electron chi connectivity index (χ2n) is 4.89. The third kappa shape index (κ3) is 3.38. The van der Waals surface area contributed by atoms with Crippen LogP contribution in [0.1, 0.15) is 44.7 Å². The van der Waals surface area contributed by atoms with E-state index in [0.717, 1.165) is 18.5 Å². The fraction of sp³-hybridized carbons (Fsp3) is 0.692. The molecule has 1 aliphatic rings. The maximum Gasteiger partial charge on any atom is 0.0359 e. The molecule has 0 aliphatic heterocycles. The number of hydrogen-bond donors (Lipinski definition) is 2. The Bertz CT molecular complexity index is 266. The molecule has 0 radical (unpaired) electrons. The SMILES string of the molecule is CC1CCCC(NCc2ccc[nH]2)CC1. The van der Waals surface area contributed by atoms with Gasteiger partial charge < -0.3 is 10.3 Å². The molecule has 2 rings (SSSR count). The summed E-state index contributed by atoms with van der Waals surface area (Å²) in [5, 5.41) is 3.65. The number of aromatic nitrogens is 1. The third-order valence-electron chi connectivity index (χ3n) is 3.50. The van der Waals surface area contributed by atoms with Gasteiger partial charge in [-0.2, -0.15) is 0 Å². The van der Waals surface area contributed by atoms with Gasteiger partial charge in [-0.3, -0.25) is 0 Å². The fourth-order valence-electron chi connectivity index (χ4n) is 2.42. The monoisotopic (exact) mass is 206 g/mol. The first-order valence-electron chi connectivity index (χ1n) is 6.20. The summed E-state index contributed by atoms with van der Waals surface area (Å²) in [7, 11) is 0. The fourth-order valence-corrected chi connectivity index (χ4v) is 2.42. The summed E-state index contributed by atoms with van der Waals surface area (Å²) in [4.78, 5) is 3.24. The highest BCUT2D eigenvalue weighted by molar-refractivity contribution is 5.03. The lowest BCUT2D eigenvalue weighted by molar-refractivity contribution is 0.445. The summed E-state index contributed by atoms with van der Waals surface area (Å²) >= 11 is 0. The minimum Gasteiger partial charge on any atom is -0.364 e. The molecule has 1 heterocycles. The van der Waals surface area contributed by atoms with Gasteiger partial charge in [-0.15, -0.1) is 0 Å². The van der Waals surface area contributed by atoms with Crippen LogP contribution in [0.15, 0.2) is 18.3 Å². The zero-order valence-electron chi connectivity index (χ0n) is 9.63. The van der Waals surface area contributed by atoms with Crippen molar-refractivity contribution in [1.29, 1.82) is 0 Å². The van der Waals surface area contributed by atoms with Crippen LogP contribution in [0.3, 0.4) is 0 Å². The van der Waals surface area contributed by atoms with E-state index in [9.17, 15) is 0 Å². The number of rotatable bonds is 3. The average molecular weight is 206 g/mol. The molecule has 2 unspecified atom stereocenters. The molecule has 0 spiro atoms. The second kappa shape index (κ2) is 5.36. The lowest BCUT2D eigenvalue weighted by atomic mass is 10.0. The van der Waals surface area contributed by atoms with Crippen LogP contribution in [0.4, 0.5) is 0 Å². The summed E-state index contributed by atoms with van der Waals surface area (Å²) in [5.74, 6) is 0.933. The highest BCUT2D eigenvalue weighted by atomic mass is 14.9. The van der Waals surface area contributed by atoms with Crippen molar-refractivity contribution < 1.29 is 0 Å². The summed E-state index contributed by atoms with van der Waals surface area (Å²) in [6.07, 6.45) is 8.89. The van der Waals surface area contributed by atoms with Crippen LogP contribution in [0.25, 0.3) is 0 Å². The van der Waals surface area contributed by atoms with Gasteiger partial charge in [-0.05, 0) is 37.3 Å². The molecule has 1 fully saturated rings. The van der Waals surface area contributed by atoms with E-state index >= 15 is 0 Å². The van der Waals surface area contributed by atoms with E-state index < -0.39 is 0 Å². The summed E-state index contributed by atoms with van der Waals surface area (Å²) < 4.78 is 0. The van der Waals surface area contributed by atoms with Crippen molar-refractivity contribution in [3.8, 4) is 0 Å². The minimum absolute atomic E-state index is 0.734. The molecule has 1 saturated carbocycles. The van der Waals surface area contributed by atoms with E-state index in [2.05, 4.69) is 29.4 Å². The second-order valence-corrected chi connectivity index (χ2v) is 4.89. The molecule has 2 heteroatoms. The molecule has 0 aromatic carbocycles. The lowest BCUT2D eigenvalue weighted by Crippen LogP contribution is -2.28.